The Hall–Kier alpha value is -0.770. The molecule has 0 saturated heterocycles. The van der Waals surface area contributed by atoms with E-state index in [0.29, 0.717) is 10.0 Å². The van der Waals surface area contributed by atoms with Gasteiger partial charge in [-0.1, -0.05) is 41.3 Å². The highest BCUT2D eigenvalue weighted by Crippen LogP contribution is 2.33. The van der Waals surface area contributed by atoms with Crippen LogP contribution in [-0.2, 0) is 9.57 Å². The van der Waals surface area contributed by atoms with Gasteiger partial charge in [-0.3, -0.25) is 0 Å². The first-order valence-corrected chi connectivity index (χ1v) is 6.91. The van der Waals surface area contributed by atoms with Crippen molar-refractivity contribution in [3.05, 3.63) is 33.8 Å². The second-order valence-electron chi connectivity index (χ2n) is 5.57. The molecule has 19 heavy (non-hydrogen) atoms. The monoisotopic (exact) mass is 301 g/mol. The van der Waals surface area contributed by atoms with Crippen molar-refractivity contribution in [3.63, 3.8) is 0 Å². The number of nitrogens with zero attached hydrogens (tertiary/aromatic N) is 1. The van der Waals surface area contributed by atoms with Gasteiger partial charge in [0.25, 0.3) is 0 Å². The van der Waals surface area contributed by atoms with Crippen molar-refractivity contribution >= 4 is 28.9 Å². The second-order valence-corrected chi connectivity index (χ2v) is 6.38. The van der Waals surface area contributed by atoms with E-state index in [1.165, 1.54) is 0 Å². The van der Waals surface area contributed by atoms with Gasteiger partial charge >= 0.3 is 0 Å². The zero-order valence-electron chi connectivity index (χ0n) is 11.4. The van der Waals surface area contributed by atoms with Crippen LogP contribution in [0.2, 0.25) is 10.0 Å². The fraction of sp³-hybridized carbons (Fsp3) is 0.500. The average molecular weight is 302 g/mol. The Morgan fingerprint density at radius 3 is 2.32 bits per heavy atom. The van der Waals surface area contributed by atoms with Gasteiger partial charge in [0.1, 0.15) is 0 Å². The Labute approximate surface area is 123 Å². The van der Waals surface area contributed by atoms with Crippen molar-refractivity contribution in [3.8, 4) is 0 Å². The molecule has 1 aliphatic rings. The number of hydrogen-bond donors (Lipinski definition) is 0. The van der Waals surface area contributed by atoms with Gasteiger partial charge in [0.15, 0.2) is 0 Å². The van der Waals surface area contributed by atoms with Crippen LogP contribution in [-0.4, -0.2) is 17.6 Å². The molecule has 1 aromatic rings. The maximum Gasteiger partial charge on any atom is 0.235 e. The van der Waals surface area contributed by atoms with Crippen LogP contribution in [0.4, 0.5) is 0 Å². The van der Waals surface area contributed by atoms with Gasteiger partial charge < -0.3 is 9.57 Å². The molecule has 0 saturated carbocycles. The predicted octanol–water partition coefficient (Wildman–Crippen LogP) is 4.51. The summed E-state index contributed by atoms with van der Waals surface area (Å²) in [6.45, 7) is 7.92. The van der Waals surface area contributed by atoms with Crippen LogP contribution in [0, 0.1) is 5.92 Å². The second kappa shape index (κ2) is 5.31. The molecule has 5 heteroatoms. The molecule has 0 unspecified atom stereocenters. The molecule has 1 aliphatic heterocycles. The average Bonchev–Trinajstić information content (AvgIpc) is 2.59. The van der Waals surface area contributed by atoms with E-state index >= 15 is 0 Å². The number of rotatable bonds is 2. The van der Waals surface area contributed by atoms with Gasteiger partial charge in [0.2, 0.25) is 6.29 Å². The minimum absolute atomic E-state index is 0.0309. The Morgan fingerprint density at radius 1 is 1.21 bits per heavy atom. The minimum Gasteiger partial charge on any atom is -0.363 e. The molecule has 0 spiro atoms. The Morgan fingerprint density at radius 2 is 1.79 bits per heavy atom. The fourth-order valence-electron chi connectivity index (χ4n) is 1.90. The van der Waals surface area contributed by atoms with Gasteiger partial charge in [0.05, 0.1) is 27.3 Å². The van der Waals surface area contributed by atoms with Gasteiger partial charge in [-0.15, -0.1) is 0 Å². The first-order valence-electron chi connectivity index (χ1n) is 6.15. The standard InChI is InChI=1S/C14H17Cl2NO2/c1-8-12(11-9(15)6-5-7-10(11)16)17-19-13(8)18-14(2,3)4/h5-8,13H,1-4H3/t8-,13+/m1/s1. The summed E-state index contributed by atoms with van der Waals surface area (Å²) in [6.07, 6.45) is -0.415. The molecule has 0 amide bonds. The predicted molar refractivity (Wildman–Crippen MR) is 77.9 cm³/mol. The van der Waals surface area contributed by atoms with Crippen LogP contribution in [0.15, 0.2) is 23.4 Å². The molecular formula is C14H17Cl2NO2. The third-order valence-corrected chi connectivity index (χ3v) is 3.41. The van der Waals surface area contributed by atoms with Crippen molar-refractivity contribution in [1.82, 2.24) is 0 Å². The van der Waals surface area contributed by atoms with Gasteiger partial charge in [0, 0.05) is 5.56 Å². The van der Waals surface area contributed by atoms with Crippen LogP contribution >= 0.6 is 23.2 Å². The van der Waals surface area contributed by atoms with Crippen molar-refractivity contribution < 1.29 is 9.57 Å². The third kappa shape index (κ3) is 3.22. The summed E-state index contributed by atoms with van der Waals surface area (Å²) < 4.78 is 5.82. The molecule has 2 rings (SSSR count). The minimum atomic E-state index is -0.415. The Kier molecular flexibility index (Phi) is 4.09. The molecule has 3 nitrogen and oxygen atoms in total. The highest BCUT2D eigenvalue weighted by molar-refractivity contribution is 6.40. The maximum atomic E-state index is 6.19. The number of ether oxygens (including phenoxy) is 1. The first kappa shape index (κ1) is 14.6. The maximum absolute atomic E-state index is 6.19. The molecule has 0 radical (unpaired) electrons. The van der Waals surface area contributed by atoms with Crippen molar-refractivity contribution in [2.45, 2.75) is 39.6 Å². The van der Waals surface area contributed by atoms with Gasteiger partial charge in [-0.2, -0.15) is 0 Å². The smallest absolute Gasteiger partial charge is 0.235 e. The van der Waals surface area contributed by atoms with Gasteiger partial charge in [-0.05, 0) is 32.9 Å². The third-order valence-electron chi connectivity index (χ3n) is 2.78. The van der Waals surface area contributed by atoms with E-state index in [1.54, 1.807) is 18.2 Å². The van der Waals surface area contributed by atoms with E-state index < -0.39 is 6.29 Å². The number of hydrogen-bond acceptors (Lipinski definition) is 3. The van der Waals surface area contributed by atoms with Crippen molar-refractivity contribution in [1.29, 1.82) is 0 Å². The molecule has 0 aliphatic carbocycles. The van der Waals surface area contributed by atoms with Crippen LogP contribution in [0.25, 0.3) is 0 Å². The Bertz CT molecular complexity index is 488. The van der Waals surface area contributed by atoms with E-state index in [-0.39, 0.29) is 11.5 Å². The highest BCUT2D eigenvalue weighted by atomic mass is 35.5. The van der Waals surface area contributed by atoms with Crippen LogP contribution in [0.1, 0.15) is 33.3 Å². The van der Waals surface area contributed by atoms with Crippen molar-refractivity contribution in [2.75, 3.05) is 0 Å². The molecule has 1 aromatic carbocycles. The van der Waals surface area contributed by atoms with E-state index in [9.17, 15) is 0 Å². The lowest BCUT2D eigenvalue weighted by Gasteiger charge is -2.25. The number of oxime groups is 1. The van der Waals surface area contributed by atoms with E-state index in [1.807, 2.05) is 27.7 Å². The zero-order valence-corrected chi connectivity index (χ0v) is 12.9. The molecule has 0 fully saturated rings. The van der Waals surface area contributed by atoms with Gasteiger partial charge in [-0.25, -0.2) is 0 Å². The fourth-order valence-corrected chi connectivity index (χ4v) is 2.49. The molecule has 1 heterocycles. The van der Waals surface area contributed by atoms with Crippen LogP contribution in [0.3, 0.4) is 0 Å². The summed E-state index contributed by atoms with van der Waals surface area (Å²) >= 11 is 12.4. The van der Waals surface area contributed by atoms with Crippen LogP contribution in [0.5, 0.6) is 0 Å². The lowest BCUT2D eigenvalue weighted by atomic mass is 9.98. The summed E-state index contributed by atoms with van der Waals surface area (Å²) in [5, 5.41) is 5.23. The molecule has 2 atom stereocenters. The normalized spacial score (nSPS) is 23.2. The van der Waals surface area contributed by atoms with Crippen LogP contribution < -0.4 is 0 Å². The largest absolute Gasteiger partial charge is 0.363 e. The lowest BCUT2D eigenvalue weighted by molar-refractivity contribution is -0.195. The molecule has 104 valence electrons. The number of halogens is 2. The summed E-state index contributed by atoms with van der Waals surface area (Å²) in [5.74, 6) is -0.0309. The van der Waals surface area contributed by atoms with E-state index in [4.69, 9.17) is 32.8 Å². The molecule has 0 N–H and O–H groups in total. The summed E-state index contributed by atoms with van der Waals surface area (Å²) in [6, 6.07) is 5.38. The molecule has 0 bridgehead atoms. The quantitative estimate of drug-likeness (QED) is 0.805. The van der Waals surface area contributed by atoms with E-state index in [2.05, 4.69) is 5.16 Å². The summed E-state index contributed by atoms with van der Waals surface area (Å²) in [4.78, 5) is 5.37. The molecular weight excluding hydrogens is 285 g/mol. The number of benzene rings is 1. The van der Waals surface area contributed by atoms with E-state index in [0.717, 1.165) is 11.3 Å². The topological polar surface area (TPSA) is 30.8 Å². The molecule has 0 aromatic heterocycles. The lowest BCUT2D eigenvalue weighted by Crippen LogP contribution is -2.32. The van der Waals surface area contributed by atoms with Crippen molar-refractivity contribution in [2.24, 2.45) is 11.1 Å². The SMILES string of the molecule is C[C@@H]1C(c2c(Cl)cccc2Cl)=NO[C@@H]1OC(C)(C)C. The zero-order chi connectivity index (χ0) is 14.2. The summed E-state index contributed by atoms with van der Waals surface area (Å²) in [5.41, 5.74) is 1.15. The summed E-state index contributed by atoms with van der Waals surface area (Å²) in [7, 11) is 0. The Balaban J connectivity index is 2.25. The first-order chi connectivity index (χ1) is 8.79. The highest BCUT2D eigenvalue weighted by Gasteiger charge is 2.36.